The van der Waals surface area contributed by atoms with Gasteiger partial charge in [0.25, 0.3) is 0 Å². The molecule has 2 nitrogen and oxygen atoms in total. The third kappa shape index (κ3) is 3.56. The fourth-order valence-electron chi connectivity index (χ4n) is 3.13. The summed E-state index contributed by atoms with van der Waals surface area (Å²) in [6.45, 7) is 7.79. The molecule has 1 aromatic carbocycles. The van der Waals surface area contributed by atoms with E-state index in [0.717, 1.165) is 13.0 Å². The summed E-state index contributed by atoms with van der Waals surface area (Å²) in [5, 5.41) is 0. The van der Waals surface area contributed by atoms with E-state index in [1.807, 2.05) is 0 Å². The highest BCUT2D eigenvalue weighted by molar-refractivity contribution is 5.21. The molecule has 0 spiro atoms. The average molecular weight is 246 g/mol. The Morgan fingerprint density at radius 2 is 2.06 bits per heavy atom. The van der Waals surface area contributed by atoms with Crippen molar-refractivity contribution in [2.75, 3.05) is 19.6 Å². The molecule has 2 unspecified atom stereocenters. The second-order valence-corrected chi connectivity index (χ2v) is 6.04. The van der Waals surface area contributed by atoms with Gasteiger partial charge in [-0.25, -0.2) is 0 Å². The van der Waals surface area contributed by atoms with Crippen LogP contribution in [-0.2, 0) is 0 Å². The van der Waals surface area contributed by atoms with Gasteiger partial charge in [-0.3, -0.25) is 0 Å². The molecule has 1 saturated heterocycles. The first-order valence-corrected chi connectivity index (χ1v) is 7.17. The first kappa shape index (κ1) is 13.6. The van der Waals surface area contributed by atoms with Gasteiger partial charge >= 0.3 is 0 Å². The summed E-state index contributed by atoms with van der Waals surface area (Å²) in [7, 11) is 0. The third-order valence-electron chi connectivity index (χ3n) is 3.95. The molecule has 0 aliphatic carbocycles. The molecule has 1 fully saturated rings. The maximum atomic E-state index is 6.35. The molecule has 0 bridgehead atoms. The second-order valence-electron chi connectivity index (χ2n) is 6.04. The van der Waals surface area contributed by atoms with E-state index in [2.05, 4.69) is 49.1 Å². The minimum Gasteiger partial charge on any atom is -0.324 e. The largest absolute Gasteiger partial charge is 0.324 e. The highest BCUT2D eigenvalue weighted by Gasteiger charge is 2.28. The predicted octanol–water partition coefficient (Wildman–Crippen LogP) is 2.99. The van der Waals surface area contributed by atoms with Crippen molar-refractivity contribution >= 4 is 0 Å². The Labute approximate surface area is 111 Å². The van der Waals surface area contributed by atoms with Crippen molar-refractivity contribution in [1.82, 2.24) is 4.90 Å². The van der Waals surface area contributed by atoms with Gasteiger partial charge in [0, 0.05) is 18.6 Å². The fraction of sp³-hybridized carbons (Fsp3) is 0.625. The van der Waals surface area contributed by atoms with Crippen molar-refractivity contribution in [3.8, 4) is 0 Å². The molecule has 0 saturated carbocycles. The lowest BCUT2D eigenvalue weighted by Crippen LogP contribution is -2.47. The highest BCUT2D eigenvalue weighted by Crippen LogP contribution is 2.28. The van der Waals surface area contributed by atoms with Crippen molar-refractivity contribution in [2.45, 2.75) is 44.6 Å². The van der Waals surface area contributed by atoms with Crippen LogP contribution in [0.3, 0.4) is 0 Å². The van der Waals surface area contributed by atoms with E-state index >= 15 is 0 Å². The van der Waals surface area contributed by atoms with Crippen LogP contribution in [-0.4, -0.2) is 30.1 Å². The zero-order valence-corrected chi connectivity index (χ0v) is 11.7. The summed E-state index contributed by atoms with van der Waals surface area (Å²) in [5.41, 5.74) is 7.80. The fourth-order valence-corrected chi connectivity index (χ4v) is 3.13. The van der Waals surface area contributed by atoms with Gasteiger partial charge in [0.1, 0.15) is 0 Å². The summed E-state index contributed by atoms with van der Waals surface area (Å²) in [5.74, 6) is 0.698. The molecule has 0 aromatic heterocycles. The van der Waals surface area contributed by atoms with Crippen molar-refractivity contribution in [3.05, 3.63) is 35.9 Å². The Morgan fingerprint density at radius 3 is 2.72 bits per heavy atom. The highest BCUT2D eigenvalue weighted by atomic mass is 15.2. The lowest BCUT2D eigenvalue weighted by Gasteiger charge is -2.30. The number of likely N-dealkylation sites (tertiary alicyclic amines) is 1. The molecular formula is C16H26N2. The van der Waals surface area contributed by atoms with Gasteiger partial charge in [0.15, 0.2) is 0 Å². The number of hydrogen-bond donors (Lipinski definition) is 1. The zero-order chi connectivity index (χ0) is 13.0. The van der Waals surface area contributed by atoms with Crippen molar-refractivity contribution in [3.63, 3.8) is 0 Å². The topological polar surface area (TPSA) is 29.3 Å². The van der Waals surface area contributed by atoms with Crippen molar-refractivity contribution < 1.29 is 0 Å². The Bertz CT molecular complexity index is 359. The van der Waals surface area contributed by atoms with Crippen LogP contribution in [0.15, 0.2) is 30.3 Å². The third-order valence-corrected chi connectivity index (χ3v) is 3.95. The van der Waals surface area contributed by atoms with Crippen LogP contribution in [0.5, 0.6) is 0 Å². The number of nitrogens with zero attached hydrogens (tertiary/aromatic N) is 1. The van der Waals surface area contributed by atoms with E-state index in [4.69, 9.17) is 5.73 Å². The van der Waals surface area contributed by atoms with Gasteiger partial charge in [0.2, 0.25) is 0 Å². The van der Waals surface area contributed by atoms with Gasteiger partial charge in [-0.15, -0.1) is 0 Å². The first-order chi connectivity index (χ1) is 8.61. The van der Waals surface area contributed by atoms with Gasteiger partial charge in [-0.1, -0.05) is 43.7 Å². The maximum absolute atomic E-state index is 6.35. The predicted molar refractivity (Wildman–Crippen MR) is 77.7 cm³/mol. The van der Waals surface area contributed by atoms with Crippen molar-refractivity contribution in [2.24, 2.45) is 5.73 Å². The second kappa shape index (κ2) is 5.85. The van der Waals surface area contributed by atoms with Gasteiger partial charge < -0.3 is 10.6 Å². The number of benzene rings is 1. The Morgan fingerprint density at radius 1 is 1.33 bits per heavy atom. The number of rotatable bonds is 5. The average Bonchev–Trinajstić information content (AvgIpc) is 2.77. The van der Waals surface area contributed by atoms with Crippen LogP contribution >= 0.6 is 0 Å². The Kier molecular flexibility index (Phi) is 4.41. The van der Waals surface area contributed by atoms with Crippen LogP contribution in [0.4, 0.5) is 0 Å². The molecule has 2 heteroatoms. The summed E-state index contributed by atoms with van der Waals surface area (Å²) in [4.78, 5) is 2.54. The quantitative estimate of drug-likeness (QED) is 0.865. The molecule has 0 amide bonds. The van der Waals surface area contributed by atoms with Crippen LogP contribution in [0, 0.1) is 0 Å². The van der Waals surface area contributed by atoms with E-state index in [-0.39, 0.29) is 5.54 Å². The molecule has 1 heterocycles. The lowest BCUT2D eigenvalue weighted by atomic mass is 9.96. The minimum atomic E-state index is -0.0275. The zero-order valence-electron chi connectivity index (χ0n) is 11.7. The summed E-state index contributed by atoms with van der Waals surface area (Å²) >= 11 is 0. The molecule has 2 atom stereocenters. The van der Waals surface area contributed by atoms with E-state index in [1.165, 1.54) is 31.5 Å². The summed E-state index contributed by atoms with van der Waals surface area (Å²) in [6, 6.07) is 10.9. The smallest absolute Gasteiger partial charge is 0.0254 e. The van der Waals surface area contributed by atoms with Crippen LogP contribution in [0.25, 0.3) is 0 Å². The molecule has 2 rings (SSSR count). The first-order valence-electron chi connectivity index (χ1n) is 7.17. The number of nitrogens with two attached hydrogens (primary N) is 1. The molecule has 18 heavy (non-hydrogen) atoms. The minimum absolute atomic E-state index is 0.0275. The molecule has 2 N–H and O–H groups in total. The maximum Gasteiger partial charge on any atom is 0.0254 e. The standard InChI is InChI=1S/C16H26N2/c1-3-10-16(2,17)13-18-11-9-15(12-18)14-7-5-4-6-8-14/h4-8,15H,3,9-13,17H2,1-2H3. The van der Waals surface area contributed by atoms with Crippen molar-refractivity contribution in [1.29, 1.82) is 0 Å². The number of hydrogen-bond acceptors (Lipinski definition) is 2. The SMILES string of the molecule is CCCC(C)(N)CN1CCC(c2ccccc2)C1. The monoisotopic (exact) mass is 246 g/mol. The van der Waals surface area contributed by atoms with Crippen LogP contribution in [0.1, 0.15) is 44.6 Å². The summed E-state index contributed by atoms with van der Waals surface area (Å²) in [6.07, 6.45) is 3.55. The molecule has 1 aliphatic rings. The van der Waals surface area contributed by atoms with E-state index < -0.39 is 0 Å². The molecule has 100 valence electrons. The molecule has 0 radical (unpaired) electrons. The Balaban J connectivity index is 1.89. The van der Waals surface area contributed by atoms with Gasteiger partial charge in [-0.2, -0.15) is 0 Å². The van der Waals surface area contributed by atoms with E-state index in [0.29, 0.717) is 5.92 Å². The molecule has 1 aromatic rings. The van der Waals surface area contributed by atoms with E-state index in [9.17, 15) is 0 Å². The van der Waals surface area contributed by atoms with Crippen LogP contribution < -0.4 is 5.73 Å². The van der Waals surface area contributed by atoms with Gasteiger partial charge in [-0.05, 0) is 37.8 Å². The normalized spacial score (nSPS) is 24.1. The van der Waals surface area contributed by atoms with Crippen LogP contribution in [0.2, 0.25) is 0 Å². The Hall–Kier alpha value is -0.860. The van der Waals surface area contributed by atoms with Gasteiger partial charge in [0.05, 0.1) is 0 Å². The summed E-state index contributed by atoms with van der Waals surface area (Å²) < 4.78 is 0. The lowest BCUT2D eigenvalue weighted by molar-refractivity contribution is 0.245. The molecular weight excluding hydrogens is 220 g/mol. The van der Waals surface area contributed by atoms with E-state index in [1.54, 1.807) is 0 Å². The molecule has 1 aliphatic heterocycles.